The quantitative estimate of drug-likeness (QED) is 0.520. The molecule has 16 heavy (non-hydrogen) atoms. The molecule has 0 bridgehead atoms. The molecule has 0 rings (SSSR count). The van der Waals surface area contributed by atoms with E-state index in [2.05, 4.69) is 0 Å². The van der Waals surface area contributed by atoms with Crippen LogP contribution in [0, 0.1) is 5.92 Å². The Morgan fingerprint density at radius 2 is 1.81 bits per heavy atom. The summed E-state index contributed by atoms with van der Waals surface area (Å²) in [5.41, 5.74) is 0. The smallest absolute Gasteiger partial charge is 0.309 e. The highest BCUT2D eigenvalue weighted by molar-refractivity contribution is 5.70. The maximum absolute atomic E-state index is 11.5. The Bertz CT molecular complexity index is 247. The molecular formula is C12H22O4. The molecule has 0 N–H and O–H groups in total. The van der Waals surface area contributed by atoms with Crippen molar-refractivity contribution in [3.63, 3.8) is 0 Å². The maximum atomic E-state index is 11.5. The van der Waals surface area contributed by atoms with Gasteiger partial charge in [-0.3, -0.25) is 9.59 Å². The van der Waals surface area contributed by atoms with Crippen LogP contribution in [-0.4, -0.2) is 17.7 Å². The normalized spacial score (nSPS) is 14.4. The summed E-state index contributed by atoms with van der Waals surface area (Å²) in [5, 5.41) is 0. The van der Waals surface area contributed by atoms with Crippen molar-refractivity contribution in [3.05, 3.63) is 0 Å². The average molecular weight is 230 g/mol. The second-order valence-corrected chi connectivity index (χ2v) is 4.49. The van der Waals surface area contributed by atoms with Crippen molar-refractivity contribution >= 4 is 11.9 Å². The second kappa shape index (κ2) is 6.51. The standard InChI is InChI=1S/C12H22O4/c1-6-12(5,15-10(4)13)16-11(14)8-7-9(2)3/h9H,6-8H2,1-5H3. The first-order valence-electron chi connectivity index (χ1n) is 5.70. The van der Waals surface area contributed by atoms with E-state index in [0.29, 0.717) is 18.8 Å². The van der Waals surface area contributed by atoms with Gasteiger partial charge in [0, 0.05) is 26.7 Å². The van der Waals surface area contributed by atoms with E-state index in [1.807, 2.05) is 13.8 Å². The number of esters is 2. The number of ether oxygens (including phenoxy) is 2. The van der Waals surface area contributed by atoms with Gasteiger partial charge in [0.2, 0.25) is 0 Å². The van der Waals surface area contributed by atoms with E-state index in [4.69, 9.17) is 9.47 Å². The van der Waals surface area contributed by atoms with Gasteiger partial charge in [-0.25, -0.2) is 0 Å². The highest BCUT2D eigenvalue weighted by Crippen LogP contribution is 2.19. The molecular weight excluding hydrogens is 208 g/mol. The molecule has 0 fully saturated rings. The SMILES string of the molecule is CCC(C)(OC(C)=O)OC(=O)CCC(C)C. The van der Waals surface area contributed by atoms with Gasteiger partial charge in [-0.2, -0.15) is 0 Å². The number of carbonyl (C=O) groups excluding carboxylic acids is 2. The predicted octanol–water partition coefficient (Wildman–Crippen LogP) is 2.66. The fourth-order valence-corrected chi connectivity index (χ4v) is 1.17. The molecule has 0 aliphatic heterocycles. The third-order valence-corrected chi connectivity index (χ3v) is 2.26. The second-order valence-electron chi connectivity index (χ2n) is 4.49. The first kappa shape index (κ1) is 14.9. The summed E-state index contributed by atoms with van der Waals surface area (Å²) < 4.78 is 10.1. The van der Waals surface area contributed by atoms with Crippen LogP contribution < -0.4 is 0 Å². The van der Waals surface area contributed by atoms with Gasteiger partial charge in [0.1, 0.15) is 0 Å². The Kier molecular flexibility index (Phi) is 6.08. The van der Waals surface area contributed by atoms with Crippen LogP contribution in [0.4, 0.5) is 0 Å². The van der Waals surface area contributed by atoms with Crippen LogP contribution >= 0.6 is 0 Å². The van der Waals surface area contributed by atoms with E-state index in [0.717, 1.165) is 6.42 Å². The van der Waals surface area contributed by atoms with Gasteiger partial charge in [0.15, 0.2) is 0 Å². The number of hydrogen-bond acceptors (Lipinski definition) is 4. The molecule has 1 atom stereocenters. The van der Waals surface area contributed by atoms with Crippen molar-refractivity contribution in [1.29, 1.82) is 0 Å². The van der Waals surface area contributed by atoms with Crippen molar-refractivity contribution in [2.75, 3.05) is 0 Å². The molecule has 0 aliphatic rings. The lowest BCUT2D eigenvalue weighted by molar-refractivity contribution is -0.222. The molecule has 0 aromatic heterocycles. The molecule has 0 radical (unpaired) electrons. The van der Waals surface area contributed by atoms with E-state index in [9.17, 15) is 9.59 Å². The molecule has 0 aliphatic carbocycles. The zero-order valence-electron chi connectivity index (χ0n) is 10.8. The highest BCUT2D eigenvalue weighted by Gasteiger charge is 2.29. The van der Waals surface area contributed by atoms with Crippen molar-refractivity contribution in [1.82, 2.24) is 0 Å². The van der Waals surface area contributed by atoms with Gasteiger partial charge in [-0.05, 0) is 12.3 Å². The lowest BCUT2D eigenvalue weighted by Crippen LogP contribution is -2.35. The van der Waals surface area contributed by atoms with Crippen LogP contribution in [0.1, 0.15) is 53.9 Å². The predicted molar refractivity (Wildman–Crippen MR) is 60.6 cm³/mol. The number of carbonyl (C=O) groups is 2. The zero-order valence-corrected chi connectivity index (χ0v) is 10.8. The molecule has 0 heterocycles. The average Bonchev–Trinajstić information content (AvgIpc) is 2.13. The van der Waals surface area contributed by atoms with Gasteiger partial charge >= 0.3 is 11.9 Å². The van der Waals surface area contributed by atoms with Crippen LogP contribution in [0.15, 0.2) is 0 Å². The summed E-state index contributed by atoms with van der Waals surface area (Å²) in [6.07, 6.45) is 1.58. The Balaban J connectivity index is 4.20. The first-order valence-corrected chi connectivity index (χ1v) is 5.70. The summed E-state index contributed by atoms with van der Waals surface area (Å²) in [7, 11) is 0. The minimum atomic E-state index is -1.13. The Labute approximate surface area is 97.3 Å². The fraction of sp³-hybridized carbons (Fsp3) is 0.833. The third kappa shape index (κ3) is 6.43. The van der Waals surface area contributed by atoms with Gasteiger partial charge in [0.05, 0.1) is 0 Å². The van der Waals surface area contributed by atoms with Crippen molar-refractivity contribution in [3.8, 4) is 0 Å². The van der Waals surface area contributed by atoms with Crippen LogP contribution in [0.5, 0.6) is 0 Å². The molecule has 0 spiro atoms. The van der Waals surface area contributed by atoms with Crippen molar-refractivity contribution in [2.45, 2.75) is 59.7 Å². The van der Waals surface area contributed by atoms with Crippen molar-refractivity contribution in [2.24, 2.45) is 5.92 Å². The number of hydrogen-bond donors (Lipinski definition) is 0. The van der Waals surface area contributed by atoms with Gasteiger partial charge < -0.3 is 9.47 Å². The van der Waals surface area contributed by atoms with Crippen molar-refractivity contribution < 1.29 is 19.1 Å². The van der Waals surface area contributed by atoms with E-state index >= 15 is 0 Å². The van der Waals surface area contributed by atoms with Crippen LogP contribution in [0.2, 0.25) is 0 Å². The highest BCUT2D eigenvalue weighted by atomic mass is 16.7. The monoisotopic (exact) mass is 230 g/mol. The zero-order chi connectivity index (χ0) is 12.8. The molecule has 0 saturated carbocycles. The molecule has 4 heteroatoms. The summed E-state index contributed by atoms with van der Waals surface area (Å²) in [6, 6.07) is 0. The maximum Gasteiger partial charge on any atom is 0.309 e. The molecule has 0 saturated heterocycles. The molecule has 4 nitrogen and oxygen atoms in total. The van der Waals surface area contributed by atoms with E-state index in [-0.39, 0.29) is 5.97 Å². The lowest BCUT2D eigenvalue weighted by Gasteiger charge is -2.27. The molecule has 0 aromatic carbocycles. The van der Waals surface area contributed by atoms with E-state index < -0.39 is 11.8 Å². The lowest BCUT2D eigenvalue weighted by atomic mass is 10.1. The topological polar surface area (TPSA) is 52.6 Å². The van der Waals surface area contributed by atoms with E-state index in [1.54, 1.807) is 13.8 Å². The first-order chi connectivity index (χ1) is 7.29. The Morgan fingerprint density at radius 3 is 2.19 bits per heavy atom. The molecule has 0 amide bonds. The summed E-state index contributed by atoms with van der Waals surface area (Å²) in [4.78, 5) is 22.3. The summed E-state index contributed by atoms with van der Waals surface area (Å²) in [6.45, 7) is 8.78. The molecule has 0 aromatic rings. The summed E-state index contributed by atoms with van der Waals surface area (Å²) >= 11 is 0. The fourth-order valence-electron chi connectivity index (χ4n) is 1.17. The number of rotatable bonds is 6. The van der Waals surface area contributed by atoms with Crippen LogP contribution in [0.3, 0.4) is 0 Å². The minimum absolute atomic E-state index is 0.320. The molecule has 1 unspecified atom stereocenters. The van der Waals surface area contributed by atoms with E-state index in [1.165, 1.54) is 6.92 Å². The third-order valence-electron chi connectivity index (χ3n) is 2.26. The van der Waals surface area contributed by atoms with Gasteiger partial charge in [-0.1, -0.05) is 20.8 Å². The Morgan fingerprint density at radius 1 is 1.25 bits per heavy atom. The van der Waals surface area contributed by atoms with Crippen LogP contribution in [0.25, 0.3) is 0 Å². The van der Waals surface area contributed by atoms with Crippen LogP contribution in [-0.2, 0) is 19.1 Å². The van der Waals surface area contributed by atoms with Gasteiger partial charge in [0.25, 0.3) is 5.79 Å². The minimum Gasteiger partial charge on any atom is -0.423 e. The Hall–Kier alpha value is -1.06. The largest absolute Gasteiger partial charge is 0.423 e. The van der Waals surface area contributed by atoms with Gasteiger partial charge in [-0.15, -0.1) is 0 Å². The molecule has 94 valence electrons. The summed E-state index contributed by atoms with van der Waals surface area (Å²) in [5.74, 6) is -1.44.